The first-order valence-corrected chi connectivity index (χ1v) is 11.5. The van der Waals surface area contributed by atoms with Gasteiger partial charge in [-0.15, -0.1) is 0 Å². The number of nitrogens with zero attached hydrogens (tertiary/aromatic N) is 1. The van der Waals surface area contributed by atoms with Gasteiger partial charge in [0, 0.05) is 31.8 Å². The van der Waals surface area contributed by atoms with Crippen LogP contribution in [-0.2, 0) is 14.4 Å². The van der Waals surface area contributed by atoms with Gasteiger partial charge in [0.1, 0.15) is 6.04 Å². The molecule has 1 saturated heterocycles. The summed E-state index contributed by atoms with van der Waals surface area (Å²) in [5.74, 6) is -2.01. The van der Waals surface area contributed by atoms with Crippen molar-refractivity contribution in [2.24, 2.45) is 23.7 Å². The Morgan fingerprint density at radius 1 is 1.09 bits per heavy atom. The Bertz CT molecular complexity index is 877. The molecule has 7 nitrogen and oxygen atoms in total. The molecule has 5 atom stereocenters. The van der Waals surface area contributed by atoms with Crippen LogP contribution in [0.2, 0.25) is 0 Å². The molecule has 0 saturated carbocycles. The van der Waals surface area contributed by atoms with Crippen molar-refractivity contribution in [3.05, 3.63) is 41.5 Å². The van der Waals surface area contributed by atoms with E-state index in [2.05, 4.69) is 10.6 Å². The SMILES string of the molecule is CC[C@@H]1C=C[C@H]2[C@H](C(=O)N(CCCCO)[C@@H]2C(=O)Nc2c(C)cccc2C)[C@@H]1C(=O)NC. The molecular weight excluding hydrogens is 406 g/mol. The summed E-state index contributed by atoms with van der Waals surface area (Å²) in [4.78, 5) is 41.6. The van der Waals surface area contributed by atoms with Crippen LogP contribution in [0.4, 0.5) is 5.69 Å². The van der Waals surface area contributed by atoms with E-state index in [-0.39, 0.29) is 36.2 Å². The largest absolute Gasteiger partial charge is 0.396 e. The van der Waals surface area contributed by atoms with E-state index in [1.165, 1.54) is 0 Å². The number of anilines is 1. The van der Waals surface area contributed by atoms with Gasteiger partial charge in [-0.05, 0) is 50.2 Å². The van der Waals surface area contributed by atoms with Crippen molar-refractivity contribution in [3.63, 3.8) is 0 Å². The third-order valence-corrected chi connectivity index (χ3v) is 6.94. The number of carbonyl (C=O) groups excluding carboxylic acids is 3. The summed E-state index contributed by atoms with van der Waals surface area (Å²) in [6, 6.07) is 5.14. The van der Waals surface area contributed by atoms with E-state index in [0.717, 1.165) is 23.2 Å². The number of para-hydroxylation sites is 1. The lowest BCUT2D eigenvalue weighted by Gasteiger charge is -2.33. The van der Waals surface area contributed by atoms with E-state index in [4.69, 9.17) is 0 Å². The molecule has 0 unspecified atom stereocenters. The molecule has 3 N–H and O–H groups in total. The number of fused-ring (bicyclic) bond motifs is 1. The summed E-state index contributed by atoms with van der Waals surface area (Å²) in [5.41, 5.74) is 2.68. The van der Waals surface area contributed by atoms with E-state index in [1.54, 1.807) is 11.9 Å². The normalized spacial score (nSPS) is 26.7. The van der Waals surface area contributed by atoms with E-state index in [0.29, 0.717) is 19.4 Å². The van der Waals surface area contributed by atoms with Crippen molar-refractivity contribution in [1.29, 1.82) is 0 Å². The Morgan fingerprint density at radius 2 is 1.78 bits per heavy atom. The zero-order valence-electron chi connectivity index (χ0n) is 19.4. The molecule has 1 aliphatic heterocycles. The number of aliphatic hydroxyl groups excluding tert-OH is 1. The highest BCUT2D eigenvalue weighted by Gasteiger charge is 2.56. The van der Waals surface area contributed by atoms with Crippen molar-refractivity contribution in [3.8, 4) is 0 Å². The predicted octanol–water partition coefficient (Wildman–Crippen LogP) is 2.42. The van der Waals surface area contributed by atoms with Crippen molar-refractivity contribution in [2.75, 3.05) is 25.5 Å². The Kier molecular flexibility index (Phi) is 7.72. The minimum Gasteiger partial charge on any atom is -0.396 e. The molecule has 0 spiro atoms. The topological polar surface area (TPSA) is 98.7 Å². The first-order valence-electron chi connectivity index (χ1n) is 11.5. The summed E-state index contributed by atoms with van der Waals surface area (Å²) in [5, 5.41) is 15.0. The summed E-state index contributed by atoms with van der Waals surface area (Å²) in [7, 11) is 1.59. The van der Waals surface area contributed by atoms with Crippen LogP contribution in [0.3, 0.4) is 0 Å². The van der Waals surface area contributed by atoms with Crippen LogP contribution in [0, 0.1) is 37.5 Å². The van der Waals surface area contributed by atoms with Gasteiger partial charge in [0.05, 0.1) is 11.8 Å². The van der Waals surface area contributed by atoms with E-state index >= 15 is 0 Å². The molecule has 2 aliphatic rings. The molecule has 0 bridgehead atoms. The number of carbonyl (C=O) groups is 3. The quantitative estimate of drug-likeness (QED) is 0.426. The van der Waals surface area contributed by atoms with Gasteiger partial charge in [-0.25, -0.2) is 0 Å². The fourth-order valence-corrected chi connectivity index (χ4v) is 5.25. The minimum absolute atomic E-state index is 0.0346. The van der Waals surface area contributed by atoms with Crippen LogP contribution < -0.4 is 10.6 Å². The van der Waals surface area contributed by atoms with Crippen LogP contribution in [0.1, 0.15) is 37.3 Å². The van der Waals surface area contributed by atoms with Gasteiger partial charge in [-0.3, -0.25) is 14.4 Å². The van der Waals surface area contributed by atoms with Crippen LogP contribution in [0.15, 0.2) is 30.4 Å². The average molecular weight is 442 g/mol. The zero-order valence-corrected chi connectivity index (χ0v) is 19.4. The van der Waals surface area contributed by atoms with Gasteiger partial charge in [-0.2, -0.15) is 0 Å². The number of unbranched alkanes of at least 4 members (excludes halogenated alkanes) is 1. The molecule has 7 heteroatoms. The first-order chi connectivity index (χ1) is 15.3. The Balaban J connectivity index is 1.98. The second kappa shape index (κ2) is 10.3. The number of aryl methyl sites for hydroxylation is 2. The number of hydrogen-bond acceptors (Lipinski definition) is 4. The second-order valence-electron chi connectivity index (χ2n) is 8.86. The number of likely N-dealkylation sites (tertiary alicyclic amines) is 1. The molecule has 1 aliphatic carbocycles. The van der Waals surface area contributed by atoms with Gasteiger partial charge >= 0.3 is 0 Å². The van der Waals surface area contributed by atoms with Crippen molar-refractivity contribution >= 4 is 23.4 Å². The smallest absolute Gasteiger partial charge is 0.247 e. The van der Waals surface area contributed by atoms with E-state index in [9.17, 15) is 19.5 Å². The van der Waals surface area contributed by atoms with Crippen molar-refractivity contribution in [2.45, 2.75) is 46.1 Å². The van der Waals surface area contributed by atoms with Crippen LogP contribution >= 0.6 is 0 Å². The highest BCUT2D eigenvalue weighted by Crippen LogP contribution is 2.45. The Hall–Kier alpha value is -2.67. The van der Waals surface area contributed by atoms with Gasteiger partial charge < -0.3 is 20.6 Å². The van der Waals surface area contributed by atoms with Crippen molar-refractivity contribution in [1.82, 2.24) is 10.2 Å². The molecular formula is C25H35N3O4. The number of benzene rings is 1. The van der Waals surface area contributed by atoms with Gasteiger partial charge in [0.25, 0.3) is 0 Å². The average Bonchev–Trinajstić information content (AvgIpc) is 3.07. The third kappa shape index (κ3) is 4.44. The molecule has 0 aromatic heterocycles. The number of nitrogens with one attached hydrogen (secondary N) is 2. The Morgan fingerprint density at radius 3 is 2.38 bits per heavy atom. The van der Waals surface area contributed by atoms with E-state index in [1.807, 2.05) is 51.1 Å². The highest BCUT2D eigenvalue weighted by atomic mass is 16.3. The minimum atomic E-state index is -0.689. The fourth-order valence-electron chi connectivity index (χ4n) is 5.25. The molecule has 3 rings (SSSR count). The monoisotopic (exact) mass is 441 g/mol. The fraction of sp³-hybridized carbons (Fsp3) is 0.560. The highest BCUT2D eigenvalue weighted by molar-refractivity contribution is 6.02. The van der Waals surface area contributed by atoms with Crippen LogP contribution in [0.5, 0.6) is 0 Å². The zero-order chi connectivity index (χ0) is 23.4. The maximum absolute atomic E-state index is 13.6. The summed E-state index contributed by atoms with van der Waals surface area (Å²) in [6.07, 6.45) is 5.87. The predicted molar refractivity (Wildman–Crippen MR) is 124 cm³/mol. The number of rotatable bonds is 8. The number of aliphatic hydroxyl groups is 1. The third-order valence-electron chi connectivity index (χ3n) is 6.94. The molecule has 174 valence electrons. The Labute approximate surface area is 190 Å². The number of hydrogen-bond donors (Lipinski definition) is 3. The van der Waals surface area contributed by atoms with Gasteiger partial charge in [0.15, 0.2) is 0 Å². The molecule has 0 radical (unpaired) electrons. The maximum Gasteiger partial charge on any atom is 0.247 e. The molecule has 1 heterocycles. The summed E-state index contributed by atoms with van der Waals surface area (Å²) >= 11 is 0. The van der Waals surface area contributed by atoms with Crippen molar-refractivity contribution < 1.29 is 19.5 Å². The van der Waals surface area contributed by atoms with Crippen LogP contribution in [-0.4, -0.2) is 54.0 Å². The van der Waals surface area contributed by atoms with Crippen LogP contribution in [0.25, 0.3) is 0 Å². The first kappa shape index (κ1) is 24.0. The lowest BCUT2D eigenvalue weighted by atomic mass is 9.69. The van der Waals surface area contributed by atoms with Gasteiger partial charge in [-0.1, -0.05) is 37.3 Å². The number of amides is 3. The summed E-state index contributed by atoms with van der Waals surface area (Å²) in [6.45, 7) is 6.31. The van der Waals surface area contributed by atoms with E-state index < -0.39 is 17.9 Å². The maximum atomic E-state index is 13.6. The standard InChI is InChI=1S/C25H35N3O4/c1-5-17-11-12-18-20(19(17)23(30)26-4)25(32)28(13-6-7-14-29)22(18)24(31)27-21-15(2)9-8-10-16(21)3/h8-12,17-20,22,29H,5-7,13-14H2,1-4H3,(H,26,30)(H,27,31)/t17-,18+,19-,20+,22+/m1/s1. The van der Waals surface area contributed by atoms with Gasteiger partial charge in [0.2, 0.25) is 17.7 Å². The molecule has 32 heavy (non-hydrogen) atoms. The second-order valence-corrected chi connectivity index (χ2v) is 8.86. The molecule has 1 aromatic rings. The number of allylic oxidation sites excluding steroid dienone is 1. The summed E-state index contributed by atoms with van der Waals surface area (Å²) < 4.78 is 0. The molecule has 1 fully saturated rings. The lowest BCUT2D eigenvalue weighted by Crippen LogP contribution is -2.45. The molecule has 1 aromatic carbocycles. The lowest BCUT2D eigenvalue weighted by molar-refractivity contribution is -0.140. The molecule has 3 amide bonds.